The SMILES string of the molecule is CC(C)(C)c1ccc(N(c2ccc(C(C)(C)C)cc2)c2c3ccccc3c(-c3ccc4c(c3)cc(N)c3ccc5ccccc5c34)c3ccccc23)cc1. The molecule has 9 aromatic carbocycles. The Labute approximate surface area is 318 Å². The van der Waals surface area contributed by atoms with Crippen LogP contribution >= 0.6 is 0 Å². The van der Waals surface area contributed by atoms with E-state index in [9.17, 15) is 0 Å². The minimum Gasteiger partial charge on any atom is -0.398 e. The average Bonchev–Trinajstić information content (AvgIpc) is 3.17. The van der Waals surface area contributed by atoms with Crippen LogP contribution < -0.4 is 10.6 Å². The maximum absolute atomic E-state index is 6.81. The molecule has 0 fully saturated rings. The lowest BCUT2D eigenvalue weighted by atomic mass is 9.86. The van der Waals surface area contributed by atoms with E-state index in [1.807, 2.05) is 0 Å². The van der Waals surface area contributed by atoms with Gasteiger partial charge in [0.15, 0.2) is 0 Å². The van der Waals surface area contributed by atoms with Crippen molar-refractivity contribution < 1.29 is 0 Å². The molecule has 9 rings (SSSR count). The van der Waals surface area contributed by atoms with E-state index in [-0.39, 0.29) is 10.8 Å². The van der Waals surface area contributed by atoms with Crippen LogP contribution in [0.3, 0.4) is 0 Å². The number of hydrogen-bond donors (Lipinski definition) is 1. The quantitative estimate of drug-likeness (QED) is 0.113. The lowest BCUT2D eigenvalue weighted by Gasteiger charge is -2.31. The minimum atomic E-state index is 0.0582. The summed E-state index contributed by atoms with van der Waals surface area (Å²) in [5, 5.41) is 12.0. The maximum atomic E-state index is 6.81. The van der Waals surface area contributed by atoms with E-state index < -0.39 is 0 Å². The molecule has 0 unspecified atom stereocenters. The summed E-state index contributed by atoms with van der Waals surface area (Å²) in [5.41, 5.74) is 16.2. The summed E-state index contributed by atoms with van der Waals surface area (Å²) in [6.07, 6.45) is 0. The topological polar surface area (TPSA) is 29.3 Å². The van der Waals surface area contributed by atoms with E-state index in [1.165, 1.54) is 71.0 Å². The zero-order chi connectivity index (χ0) is 37.4. The highest BCUT2D eigenvalue weighted by atomic mass is 15.1. The van der Waals surface area contributed by atoms with Crippen molar-refractivity contribution in [3.63, 3.8) is 0 Å². The highest BCUT2D eigenvalue weighted by Crippen LogP contribution is 2.49. The third-order valence-electron chi connectivity index (χ3n) is 11.3. The molecule has 264 valence electrons. The van der Waals surface area contributed by atoms with Gasteiger partial charge in [-0.05, 0) is 107 Å². The maximum Gasteiger partial charge on any atom is 0.0618 e. The first-order valence-electron chi connectivity index (χ1n) is 19.1. The lowest BCUT2D eigenvalue weighted by molar-refractivity contribution is 0.590. The molecular weight excluding hydrogens is 653 g/mol. The van der Waals surface area contributed by atoms with Crippen molar-refractivity contribution in [1.29, 1.82) is 0 Å². The van der Waals surface area contributed by atoms with Gasteiger partial charge < -0.3 is 10.6 Å². The molecule has 0 aliphatic rings. The Morgan fingerprint density at radius 3 is 1.41 bits per heavy atom. The van der Waals surface area contributed by atoms with Crippen molar-refractivity contribution in [1.82, 2.24) is 0 Å². The van der Waals surface area contributed by atoms with E-state index >= 15 is 0 Å². The fourth-order valence-corrected chi connectivity index (χ4v) is 8.40. The molecule has 0 saturated carbocycles. The van der Waals surface area contributed by atoms with Gasteiger partial charge >= 0.3 is 0 Å². The van der Waals surface area contributed by atoms with Crippen LogP contribution in [0, 0.1) is 0 Å². The Hall–Kier alpha value is -6.12. The van der Waals surface area contributed by atoms with E-state index in [2.05, 4.69) is 204 Å². The molecule has 0 saturated heterocycles. The molecule has 0 aliphatic heterocycles. The number of nitrogens with zero attached hydrogens (tertiary/aromatic N) is 1. The van der Waals surface area contributed by atoms with Gasteiger partial charge in [0.25, 0.3) is 0 Å². The van der Waals surface area contributed by atoms with Crippen LogP contribution in [-0.2, 0) is 10.8 Å². The Morgan fingerprint density at radius 1 is 0.407 bits per heavy atom. The summed E-state index contributed by atoms with van der Waals surface area (Å²) < 4.78 is 0. The lowest BCUT2D eigenvalue weighted by Crippen LogP contribution is -2.15. The largest absolute Gasteiger partial charge is 0.398 e. The Morgan fingerprint density at radius 2 is 0.870 bits per heavy atom. The zero-order valence-corrected chi connectivity index (χ0v) is 32.0. The van der Waals surface area contributed by atoms with Crippen molar-refractivity contribution in [2.45, 2.75) is 52.4 Å². The summed E-state index contributed by atoms with van der Waals surface area (Å²) in [6, 6.07) is 58.2. The molecule has 2 nitrogen and oxygen atoms in total. The smallest absolute Gasteiger partial charge is 0.0618 e. The molecule has 2 N–H and O–H groups in total. The van der Waals surface area contributed by atoms with Crippen LogP contribution in [0.5, 0.6) is 0 Å². The monoisotopic (exact) mass is 698 g/mol. The summed E-state index contributed by atoms with van der Waals surface area (Å²) >= 11 is 0. The standard InChI is InChI=1S/C52H46N2/c1-51(2,3)36-21-25-38(26-22-36)54(39-27-23-37(24-28-39)52(4,5)6)50-44-17-11-9-15-42(44)48(43-16-10-12-18-45(43)50)34-20-29-41-35(31-34)32-47(53)46-30-19-33-13-7-8-14-40(33)49(41)46/h7-32H,53H2,1-6H3. The Kier molecular flexibility index (Phi) is 7.80. The van der Waals surface area contributed by atoms with Crippen molar-refractivity contribution >= 4 is 76.6 Å². The first kappa shape index (κ1) is 33.7. The van der Waals surface area contributed by atoms with Gasteiger partial charge in [0, 0.05) is 33.2 Å². The fraction of sp³-hybridized carbons (Fsp3) is 0.154. The molecule has 9 aromatic rings. The molecule has 2 heteroatoms. The number of anilines is 4. The number of hydrogen-bond acceptors (Lipinski definition) is 2. The number of nitrogen functional groups attached to an aromatic ring is 1. The summed E-state index contributed by atoms with van der Waals surface area (Å²) in [6.45, 7) is 13.6. The average molecular weight is 699 g/mol. The first-order chi connectivity index (χ1) is 26.0. The summed E-state index contributed by atoms with van der Waals surface area (Å²) in [5.74, 6) is 0. The summed E-state index contributed by atoms with van der Waals surface area (Å²) in [7, 11) is 0. The van der Waals surface area contributed by atoms with Gasteiger partial charge in [-0.3, -0.25) is 0 Å². The second kappa shape index (κ2) is 12.5. The molecule has 54 heavy (non-hydrogen) atoms. The number of benzene rings is 9. The van der Waals surface area contributed by atoms with Crippen LogP contribution in [0.1, 0.15) is 52.7 Å². The molecule has 0 bridgehead atoms. The van der Waals surface area contributed by atoms with Crippen molar-refractivity contribution in [2.75, 3.05) is 10.6 Å². The number of fused-ring (bicyclic) bond motifs is 7. The van der Waals surface area contributed by atoms with Gasteiger partial charge in [-0.15, -0.1) is 0 Å². The van der Waals surface area contributed by atoms with Gasteiger partial charge in [-0.25, -0.2) is 0 Å². The highest BCUT2D eigenvalue weighted by molar-refractivity contribution is 6.26. The van der Waals surface area contributed by atoms with Gasteiger partial charge in [-0.2, -0.15) is 0 Å². The zero-order valence-electron chi connectivity index (χ0n) is 32.0. The predicted molar refractivity (Wildman–Crippen MR) is 236 cm³/mol. The normalized spacial score (nSPS) is 12.3. The Bertz CT molecular complexity index is 2770. The van der Waals surface area contributed by atoms with Gasteiger partial charge in [-0.1, -0.05) is 163 Å². The van der Waals surface area contributed by atoms with Crippen LogP contribution in [0.25, 0.3) is 65.0 Å². The van der Waals surface area contributed by atoms with Gasteiger partial charge in [0.1, 0.15) is 0 Å². The van der Waals surface area contributed by atoms with Crippen LogP contribution in [0.2, 0.25) is 0 Å². The molecular formula is C52H46N2. The third kappa shape index (κ3) is 5.56. The number of nitrogens with two attached hydrogens (primary N) is 1. The second-order valence-electron chi connectivity index (χ2n) is 16.9. The third-order valence-corrected chi connectivity index (χ3v) is 11.3. The molecule has 0 aromatic heterocycles. The molecule has 0 radical (unpaired) electrons. The van der Waals surface area contributed by atoms with Crippen molar-refractivity contribution in [3.05, 3.63) is 169 Å². The van der Waals surface area contributed by atoms with Gasteiger partial charge in [0.2, 0.25) is 0 Å². The minimum absolute atomic E-state index is 0.0582. The highest BCUT2D eigenvalue weighted by Gasteiger charge is 2.24. The van der Waals surface area contributed by atoms with E-state index in [0.29, 0.717) is 0 Å². The molecule has 0 atom stereocenters. The Balaban J connectivity index is 1.32. The van der Waals surface area contributed by atoms with Crippen molar-refractivity contribution in [3.8, 4) is 11.1 Å². The first-order valence-corrected chi connectivity index (χ1v) is 19.1. The molecule has 0 amide bonds. The van der Waals surface area contributed by atoms with Gasteiger partial charge in [0.05, 0.1) is 5.69 Å². The van der Waals surface area contributed by atoms with E-state index in [1.54, 1.807) is 0 Å². The fourth-order valence-electron chi connectivity index (χ4n) is 8.40. The summed E-state index contributed by atoms with van der Waals surface area (Å²) in [4.78, 5) is 2.46. The van der Waals surface area contributed by atoms with E-state index in [0.717, 1.165) is 27.8 Å². The molecule has 0 spiro atoms. The predicted octanol–water partition coefficient (Wildman–Crippen LogP) is 14.8. The van der Waals surface area contributed by atoms with Crippen LogP contribution in [0.15, 0.2) is 158 Å². The molecule has 0 aliphatic carbocycles. The van der Waals surface area contributed by atoms with Crippen LogP contribution in [0.4, 0.5) is 22.7 Å². The number of rotatable bonds is 4. The second-order valence-corrected chi connectivity index (χ2v) is 16.9. The van der Waals surface area contributed by atoms with E-state index in [4.69, 9.17) is 5.73 Å². The van der Waals surface area contributed by atoms with Crippen LogP contribution in [-0.4, -0.2) is 0 Å². The van der Waals surface area contributed by atoms with Crippen molar-refractivity contribution in [2.24, 2.45) is 0 Å². The molecule has 0 heterocycles.